The Hall–Kier alpha value is 0.0200. The second-order valence-corrected chi connectivity index (χ2v) is 3.50. The van der Waals surface area contributed by atoms with Gasteiger partial charge in [-0.2, -0.15) is 0 Å². The van der Waals surface area contributed by atoms with Crippen molar-refractivity contribution in [3.8, 4) is 0 Å². The predicted molar refractivity (Wildman–Crippen MR) is 24.6 cm³/mol. The van der Waals surface area contributed by atoms with Crippen LogP contribution < -0.4 is 4.89 Å². The van der Waals surface area contributed by atoms with Crippen LogP contribution in [0.5, 0.6) is 0 Å². The third-order valence-corrected chi connectivity index (χ3v) is 2.31. The van der Waals surface area contributed by atoms with E-state index in [2.05, 4.69) is 4.75 Å². The molecule has 2 nitrogen and oxygen atoms in total. The Bertz CT molecular complexity index is 117. The number of nitrogens with zero attached hydrogens (tertiary/aromatic N) is 1. The third kappa shape index (κ3) is 0.744. The summed E-state index contributed by atoms with van der Waals surface area (Å²) < 4.78 is 3.53. The molecule has 0 aliphatic heterocycles. The normalized spacial score (nSPS) is 11.8. The second kappa shape index (κ2) is 1.65. The molecule has 1 aromatic heterocycles. The van der Waals surface area contributed by atoms with Crippen LogP contribution in [0.1, 0.15) is 0 Å². The molecular formula is C2H2NOPS. The van der Waals surface area contributed by atoms with Crippen molar-refractivity contribution in [1.29, 1.82) is 0 Å². The minimum Gasteiger partial charge on any atom is -0.597 e. The van der Waals surface area contributed by atoms with E-state index in [9.17, 15) is 4.89 Å². The second-order valence-electron chi connectivity index (χ2n) is 0.744. The monoisotopic (exact) mass is 119 g/mol. The van der Waals surface area contributed by atoms with E-state index in [0.29, 0.717) is 0 Å². The molecule has 0 radical (unpaired) electrons. The molecule has 0 saturated carbocycles. The van der Waals surface area contributed by atoms with Crippen LogP contribution >= 0.6 is 18.0 Å². The smallest absolute Gasteiger partial charge is 0.270 e. The van der Waals surface area contributed by atoms with Crippen molar-refractivity contribution in [3.05, 3.63) is 11.6 Å². The first kappa shape index (κ1) is 4.19. The van der Waals surface area contributed by atoms with E-state index < -0.39 is 7.10 Å². The van der Waals surface area contributed by atoms with E-state index in [1.165, 1.54) is 10.9 Å². The van der Waals surface area contributed by atoms with Crippen LogP contribution in [0.15, 0.2) is 11.6 Å². The molecule has 0 aliphatic carbocycles. The van der Waals surface area contributed by atoms with Gasteiger partial charge in [-0.1, -0.05) is 4.75 Å². The molecule has 1 rings (SSSR count). The van der Waals surface area contributed by atoms with Crippen molar-refractivity contribution in [2.24, 2.45) is 0 Å². The fourth-order valence-electron chi connectivity index (χ4n) is 0.188. The van der Waals surface area contributed by atoms with E-state index in [1.54, 1.807) is 11.6 Å². The molecule has 1 atom stereocenters. The van der Waals surface area contributed by atoms with Crippen molar-refractivity contribution < 1.29 is 4.89 Å². The van der Waals surface area contributed by atoms with Gasteiger partial charge in [0.2, 0.25) is 0 Å². The van der Waals surface area contributed by atoms with Crippen LogP contribution in [0, 0.1) is 0 Å². The SMILES string of the molecule is [O-][p+]1nccs1. The molecule has 0 aliphatic rings. The van der Waals surface area contributed by atoms with E-state index >= 15 is 0 Å². The highest BCUT2D eigenvalue weighted by Gasteiger charge is 1.85. The summed E-state index contributed by atoms with van der Waals surface area (Å²) in [6.07, 6.45) is 1.56. The third-order valence-electron chi connectivity index (χ3n) is 0.373. The van der Waals surface area contributed by atoms with Crippen molar-refractivity contribution in [2.75, 3.05) is 0 Å². The molecule has 1 heterocycles. The van der Waals surface area contributed by atoms with Gasteiger partial charge >= 0.3 is 0 Å². The standard InChI is InChI=1S/C2H2NOPS/c4-5-3-1-2-6-5/h1-2H. The van der Waals surface area contributed by atoms with Gasteiger partial charge in [0, 0.05) is 0 Å². The molecule has 0 N–H and O–H groups in total. The van der Waals surface area contributed by atoms with Gasteiger partial charge in [-0.15, -0.1) is 0 Å². The Morgan fingerprint density at radius 1 is 1.83 bits per heavy atom. The van der Waals surface area contributed by atoms with Crippen molar-refractivity contribution in [1.82, 2.24) is 4.75 Å². The number of hydrogen-bond donors (Lipinski definition) is 0. The summed E-state index contributed by atoms with van der Waals surface area (Å²) in [6, 6.07) is 0. The zero-order chi connectivity index (χ0) is 4.41. The molecule has 0 bridgehead atoms. The predicted octanol–water partition coefficient (Wildman–Crippen LogP) is 0.534. The van der Waals surface area contributed by atoms with Crippen LogP contribution in [0.4, 0.5) is 0 Å². The van der Waals surface area contributed by atoms with E-state index in [1.807, 2.05) is 0 Å². The van der Waals surface area contributed by atoms with Gasteiger partial charge in [0.1, 0.15) is 0 Å². The molecule has 6 heavy (non-hydrogen) atoms. The van der Waals surface area contributed by atoms with Gasteiger partial charge in [-0.05, 0) is 0 Å². The number of rotatable bonds is 0. The lowest BCUT2D eigenvalue weighted by Gasteiger charge is -1.65. The molecule has 1 unspecified atom stereocenters. The van der Waals surface area contributed by atoms with Gasteiger partial charge in [0.15, 0.2) is 0 Å². The summed E-state index contributed by atoms with van der Waals surface area (Å²) >= 11 is 0. The maximum absolute atomic E-state index is 10.1. The fourth-order valence-corrected chi connectivity index (χ4v) is 1.53. The van der Waals surface area contributed by atoms with Gasteiger partial charge in [0.05, 0.1) is 22.5 Å². The first-order valence-corrected chi connectivity index (χ1v) is 4.09. The Morgan fingerprint density at radius 2 is 2.67 bits per heavy atom. The summed E-state index contributed by atoms with van der Waals surface area (Å²) in [5.74, 6) is 0. The van der Waals surface area contributed by atoms with Crippen LogP contribution in [0.3, 0.4) is 0 Å². The Kier molecular flexibility index (Phi) is 1.15. The van der Waals surface area contributed by atoms with Crippen molar-refractivity contribution >= 4 is 18.0 Å². The first-order chi connectivity index (χ1) is 2.89. The molecule has 0 aromatic carbocycles. The quantitative estimate of drug-likeness (QED) is 0.499. The summed E-state index contributed by atoms with van der Waals surface area (Å²) in [4.78, 5) is 10.1. The van der Waals surface area contributed by atoms with E-state index in [-0.39, 0.29) is 0 Å². The summed E-state index contributed by atoms with van der Waals surface area (Å²) in [5.41, 5.74) is 0. The molecule has 0 spiro atoms. The largest absolute Gasteiger partial charge is 0.597 e. The molecule has 0 saturated heterocycles. The van der Waals surface area contributed by atoms with Crippen LogP contribution in [0.25, 0.3) is 0 Å². The Labute approximate surface area is 40.1 Å². The van der Waals surface area contributed by atoms with Crippen molar-refractivity contribution in [3.63, 3.8) is 0 Å². The summed E-state index contributed by atoms with van der Waals surface area (Å²) in [7, 11) is -0.0252. The molecule has 32 valence electrons. The minimum absolute atomic E-state index is 1.26. The van der Waals surface area contributed by atoms with E-state index in [4.69, 9.17) is 0 Å². The molecule has 0 fully saturated rings. The lowest BCUT2D eigenvalue weighted by molar-refractivity contribution is -0.150. The van der Waals surface area contributed by atoms with Gasteiger partial charge in [-0.25, -0.2) is 0 Å². The van der Waals surface area contributed by atoms with Gasteiger partial charge < -0.3 is 4.89 Å². The Morgan fingerprint density at radius 3 is 2.83 bits per heavy atom. The highest BCUT2D eigenvalue weighted by Crippen LogP contribution is 2.17. The number of aromatic nitrogens is 1. The molecule has 1 aromatic rings. The molecule has 0 amide bonds. The van der Waals surface area contributed by atoms with Crippen molar-refractivity contribution in [2.45, 2.75) is 0 Å². The van der Waals surface area contributed by atoms with Crippen LogP contribution in [0.2, 0.25) is 0 Å². The lowest BCUT2D eigenvalue weighted by Crippen LogP contribution is -1.76. The molecule has 4 heteroatoms. The Balaban J connectivity index is 3.05. The van der Waals surface area contributed by atoms with Crippen LogP contribution in [-0.4, -0.2) is 4.75 Å². The highest BCUT2D eigenvalue weighted by atomic mass is 32.6. The minimum atomic E-state index is -1.28. The zero-order valence-corrected chi connectivity index (χ0v) is 4.58. The highest BCUT2D eigenvalue weighted by molar-refractivity contribution is 7.84. The van der Waals surface area contributed by atoms with Gasteiger partial charge in [-0.3, -0.25) is 0 Å². The number of hydrogen-bond acceptors (Lipinski definition) is 3. The topological polar surface area (TPSA) is 36.0 Å². The zero-order valence-electron chi connectivity index (χ0n) is 2.87. The maximum atomic E-state index is 10.1. The summed E-state index contributed by atoms with van der Waals surface area (Å²) in [5, 5.41) is 1.72. The molecular weight excluding hydrogens is 117 g/mol. The maximum Gasteiger partial charge on any atom is 0.270 e. The van der Waals surface area contributed by atoms with E-state index in [0.717, 1.165) is 0 Å². The fraction of sp³-hybridized carbons (Fsp3) is 0. The first-order valence-electron chi connectivity index (χ1n) is 1.39. The van der Waals surface area contributed by atoms with Gasteiger partial charge in [0.25, 0.3) is 7.10 Å². The average Bonchev–Trinajstić information content (AvgIpc) is 1.86. The lowest BCUT2D eigenvalue weighted by atomic mass is 11.1. The average molecular weight is 119 g/mol. The summed E-state index contributed by atoms with van der Waals surface area (Å²) in [6.45, 7) is 0. The van der Waals surface area contributed by atoms with Crippen LogP contribution in [-0.2, 0) is 0 Å².